The van der Waals surface area contributed by atoms with E-state index in [4.69, 9.17) is 10.5 Å². The standard InChI is InChI=1S/C15H25FN2O2/c1-11(19)7-9-18(2)10-8-13(17)15-12(16)5-4-6-14(15)20-3/h4-6,11,13,19H,7-10,17H2,1-3H3. The van der Waals surface area contributed by atoms with Crippen molar-refractivity contribution in [3.05, 3.63) is 29.6 Å². The van der Waals surface area contributed by atoms with Crippen LogP contribution in [-0.2, 0) is 0 Å². The zero-order chi connectivity index (χ0) is 15.1. The summed E-state index contributed by atoms with van der Waals surface area (Å²) in [6.07, 6.45) is 1.04. The second-order valence-electron chi connectivity index (χ2n) is 5.19. The second-order valence-corrected chi connectivity index (χ2v) is 5.19. The molecule has 2 atom stereocenters. The molecule has 0 amide bonds. The third-order valence-electron chi connectivity index (χ3n) is 3.35. The fraction of sp³-hybridized carbons (Fsp3) is 0.600. The van der Waals surface area contributed by atoms with Gasteiger partial charge >= 0.3 is 0 Å². The quantitative estimate of drug-likeness (QED) is 0.766. The Labute approximate surface area is 120 Å². The van der Waals surface area contributed by atoms with Crippen LogP contribution in [0.3, 0.4) is 0 Å². The van der Waals surface area contributed by atoms with Crippen molar-refractivity contribution in [2.24, 2.45) is 5.73 Å². The van der Waals surface area contributed by atoms with Crippen LogP contribution in [0.5, 0.6) is 5.75 Å². The van der Waals surface area contributed by atoms with E-state index in [-0.39, 0.29) is 11.9 Å². The predicted molar refractivity (Wildman–Crippen MR) is 78.3 cm³/mol. The number of hydrogen-bond donors (Lipinski definition) is 2. The van der Waals surface area contributed by atoms with Crippen LogP contribution in [0.2, 0.25) is 0 Å². The van der Waals surface area contributed by atoms with Crippen LogP contribution in [0, 0.1) is 5.82 Å². The Morgan fingerprint density at radius 1 is 1.35 bits per heavy atom. The monoisotopic (exact) mass is 284 g/mol. The van der Waals surface area contributed by atoms with Gasteiger partial charge in [-0.15, -0.1) is 0 Å². The highest BCUT2D eigenvalue weighted by molar-refractivity contribution is 5.37. The van der Waals surface area contributed by atoms with Gasteiger partial charge < -0.3 is 20.5 Å². The summed E-state index contributed by atoms with van der Waals surface area (Å²) in [5.41, 5.74) is 6.51. The van der Waals surface area contributed by atoms with E-state index < -0.39 is 6.04 Å². The lowest BCUT2D eigenvalue weighted by Crippen LogP contribution is -2.27. The van der Waals surface area contributed by atoms with Crippen molar-refractivity contribution in [2.75, 3.05) is 27.2 Å². The zero-order valence-corrected chi connectivity index (χ0v) is 12.5. The molecule has 2 unspecified atom stereocenters. The highest BCUT2D eigenvalue weighted by Gasteiger charge is 2.17. The van der Waals surface area contributed by atoms with Crippen molar-refractivity contribution in [3.63, 3.8) is 0 Å². The Morgan fingerprint density at radius 3 is 2.60 bits per heavy atom. The molecule has 0 aliphatic carbocycles. The summed E-state index contributed by atoms with van der Waals surface area (Å²) in [7, 11) is 3.48. The van der Waals surface area contributed by atoms with Gasteiger partial charge in [0.1, 0.15) is 11.6 Å². The number of aliphatic hydroxyl groups excluding tert-OH is 1. The molecule has 0 fully saturated rings. The molecule has 4 nitrogen and oxygen atoms in total. The number of nitrogens with zero attached hydrogens (tertiary/aromatic N) is 1. The summed E-state index contributed by atoms with van der Waals surface area (Å²) in [6, 6.07) is 4.32. The van der Waals surface area contributed by atoms with Gasteiger partial charge in [0.05, 0.1) is 13.2 Å². The largest absolute Gasteiger partial charge is 0.496 e. The third kappa shape index (κ3) is 5.07. The minimum Gasteiger partial charge on any atom is -0.496 e. The van der Waals surface area contributed by atoms with Gasteiger partial charge in [-0.3, -0.25) is 0 Å². The lowest BCUT2D eigenvalue weighted by atomic mass is 10.0. The molecule has 0 aromatic heterocycles. The number of rotatable bonds is 8. The molecule has 20 heavy (non-hydrogen) atoms. The molecule has 5 heteroatoms. The molecule has 0 saturated heterocycles. The first-order chi connectivity index (χ1) is 9.45. The number of hydrogen-bond acceptors (Lipinski definition) is 4. The van der Waals surface area contributed by atoms with Gasteiger partial charge in [-0.25, -0.2) is 4.39 Å². The number of nitrogens with two attached hydrogens (primary N) is 1. The average Bonchev–Trinajstić information content (AvgIpc) is 2.42. The van der Waals surface area contributed by atoms with Crippen LogP contribution in [0.1, 0.15) is 31.4 Å². The van der Waals surface area contributed by atoms with Crippen molar-refractivity contribution in [2.45, 2.75) is 31.9 Å². The molecule has 0 radical (unpaired) electrons. The second kappa shape index (κ2) is 8.19. The number of halogens is 1. The average molecular weight is 284 g/mol. The molecule has 1 rings (SSSR count). The summed E-state index contributed by atoms with van der Waals surface area (Å²) in [5, 5.41) is 9.24. The Morgan fingerprint density at radius 2 is 2.00 bits per heavy atom. The first-order valence-corrected chi connectivity index (χ1v) is 6.90. The maximum absolute atomic E-state index is 13.9. The molecule has 1 aromatic carbocycles. The minimum absolute atomic E-state index is 0.308. The Hall–Kier alpha value is -1.17. The van der Waals surface area contributed by atoms with Crippen LogP contribution in [0.25, 0.3) is 0 Å². The van der Waals surface area contributed by atoms with E-state index in [1.54, 1.807) is 19.1 Å². The van der Waals surface area contributed by atoms with Crippen LogP contribution < -0.4 is 10.5 Å². The summed E-state index contributed by atoms with van der Waals surface area (Å²) >= 11 is 0. The zero-order valence-electron chi connectivity index (χ0n) is 12.5. The number of ether oxygens (including phenoxy) is 1. The van der Waals surface area contributed by atoms with E-state index in [0.717, 1.165) is 19.5 Å². The lowest BCUT2D eigenvalue weighted by Gasteiger charge is -2.21. The molecule has 0 aliphatic heterocycles. The molecular weight excluding hydrogens is 259 g/mol. The van der Waals surface area contributed by atoms with Crippen molar-refractivity contribution in [3.8, 4) is 5.75 Å². The van der Waals surface area contributed by atoms with Gasteiger partial charge in [0.2, 0.25) is 0 Å². The van der Waals surface area contributed by atoms with Crippen LogP contribution >= 0.6 is 0 Å². The summed E-state index contributed by atoms with van der Waals surface area (Å²) in [6.45, 7) is 3.30. The molecule has 0 saturated carbocycles. The van der Waals surface area contributed by atoms with Gasteiger partial charge in [0, 0.05) is 18.2 Å². The maximum Gasteiger partial charge on any atom is 0.131 e. The normalized spacial score (nSPS) is 14.3. The number of methoxy groups -OCH3 is 1. The fourth-order valence-electron chi connectivity index (χ4n) is 2.08. The van der Waals surface area contributed by atoms with Crippen LogP contribution in [-0.4, -0.2) is 43.4 Å². The van der Waals surface area contributed by atoms with E-state index in [2.05, 4.69) is 4.90 Å². The van der Waals surface area contributed by atoms with Crippen LogP contribution in [0.15, 0.2) is 18.2 Å². The smallest absolute Gasteiger partial charge is 0.131 e. The molecule has 114 valence electrons. The van der Waals surface area contributed by atoms with Crippen molar-refractivity contribution in [1.29, 1.82) is 0 Å². The molecular formula is C15H25FN2O2. The van der Waals surface area contributed by atoms with Gasteiger partial charge in [0.25, 0.3) is 0 Å². The van der Waals surface area contributed by atoms with E-state index >= 15 is 0 Å². The minimum atomic E-state index is -0.403. The van der Waals surface area contributed by atoms with Crippen molar-refractivity contribution >= 4 is 0 Å². The Bertz CT molecular complexity index is 413. The Balaban J connectivity index is 2.56. The van der Waals surface area contributed by atoms with E-state index in [1.807, 2.05) is 7.05 Å². The summed E-state index contributed by atoms with van der Waals surface area (Å²) in [5.74, 6) is 0.160. The number of aliphatic hydroxyl groups is 1. The third-order valence-corrected chi connectivity index (χ3v) is 3.35. The fourth-order valence-corrected chi connectivity index (χ4v) is 2.08. The molecule has 1 aromatic rings. The van der Waals surface area contributed by atoms with E-state index in [9.17, 15) is 9.50 Å². The van der Waals surface area contributed by atoms with Crippen molar-refractivity contribution in [1.82, 2.24) is 4.90 Å². The summed E-state index contributed by atoms with van der Waals surface area (Å²) < 4.78 is 19.0. The molecule has 3 N–H and O–H groups in total. The maximum atomic E-state index is 13.9. The van der Waals surface area contributed by atoms with Gasteiger partial charge in [0.15, 0.2) is 0 Å². The summed E-state index contributed by atoms with van der Waals surface area (Å²) in [4.78, 5) is 2.08. The van der Waals surface area contributed by atoms with E-state index in [1.165, 1.54) is 13.2 Å². The van der Waals surface area contributed by atoms with Crippen molar-refractivity contribution < 1.29 is 14.2 Å². The first-order valence-electron chi connectivity index (χ1n) is 6.90. The highest BCUT2D eigenvalue weighted by Crippen LogP contribution is 2.28. The molecule has 0 spiro atoms. The molecule has 0 heterocycles. The van der Waals surface area contributed by atoms with E-state index in [0.29, 0.717) is 17.7 Å². The predicted octanol–water partition coefficient (Wildman–Crippen LogP) is 1.93. The highest BCUT2D eigenvalue weighted by atomic mass is 19.1. The molecule has 0 aliphatic rings. The SMILES string of the molecule is COc1cccc(F)c1C(N)CCN(C)CCC(C)O. The van der Waals surface area contributed by atoms with Gasteiger partial charge in [-0.1, -0.05) is 6.07 Å². The Kier molecular flexibility index (Phi) is 6.91. The van der Waals surface area contributed by atoms with Crippen LogP contribution in [0.4, 0.5) is 4.39 Å². The van der Waals surface area contributed by atoms with Gasteiger partial charge in [-0.05, 0) is 45.5 Å². The molecule has 0 bridgehead atoms. The topological polar surface area (TPSA) is 58.7 Å². The van der Waals surface area contributed by atoms with Gasteiger partial charge in [-0.2, -0.15) is 0 Å². The lowest BCUT2D eigenvalue weighted by molar-refractivity contribution is 0.163. The first kappa shape index (κ1) is 16.9. The number of benzene rings is 1.